The second-order valence-corrected chi connectivity index (χ2v) is 4.54. The van der Waals surface area contributed by atoms with Crippen LogP contribution in [0.2, 0.25) is 0 Å². The molecule has 1 heterocycles. The number of rotatable bonds is 2. The zero-order valence-corrected chi connectivity index (χ0v) is 10.4. The van der Waals surface area contributed by atoms with Crippen molar-refractivity contribution in [3.05, 3.63) is 65.9 Å². The molecule has 19 heavy (non-hydrogen) atoms. The van der Waals surface area contributed by atoms with E-state index in [0.717, 1.165) is 28.5 Å². The molecule has 0 aliphatic heterocycles. The first-order valence-electron chi connectivity index (χ1n) is 6.10. The average molecular weight is 242 g/mol. The van der Waals surface area contributed by atoms with Gasteiger partial charge in [0.2, 0.25) is 0 Å². The van der Waals surface area contributed by atoms with Crippen LogP contribution in [-0.2, 0) is 6.54 Å². The standard InChI is InChI=1S/C16H11BN2/c17-15-11-19(16-4-2-1-3-14(15)16)10-13-7-5-12(9-18)6-8-13/h1-8,11H,10H2. The smallest absolute Gasteiger partial charge is 0.116 e. The van der Waals surface area contributed by atoms with Gasteiger partial charge in [0.05, 0.1) is 11.6 Å². The van der Waals surface area contributed by atoms with Crippen LogP contribution in [0.15, 0.2) is 54.7 Å². The summed E-state index contributed by atoms with van der Waals surface area (Å²) in [5.74, 6) is 0. The molecule has 1 aromatic heterocycles. The van der Waals surface area contributed by atoms with E-state index in [4.69, 9.17) is 13.1 Å². The SMILES string of the molecule is [B]c1cn(Cc2ccc(C#N)cc2)c2ccccc12. The molecule has 3 heteroatoms. The predicted molar refractivity (Wildman–Crippen MR) is 77.6 cm³/mol. The third kappa shape index (κ3) is 2.13. The van der Waals surface area contributed by atoms with Crippen LogP contribution in [0.4, 0.5) is 0 Å². The van der Waals surface area contributed by atoms with Crippen molar-refractivity contribution in [2.24, 2.45) is 0 Å². The second-order valence-electron chi connectivity index (χ2n) is 4.54. The summed E-state index contributed by atoms with van der Waals surface area (Å²) in [7, 11) is 6.01. The topological polar surface area (TPSA) is 28.7 Å². The lowest BCUT2D eigenvalue weighted by Gasteiger charge is -2.05. The van der Waals surface area contributed by atoms with Gasteiger partial charge >= 0.3 is 0 Å². The summed E-state index contributed by atoms with van der Waals surface area (Å²) in [6, 6.07) is 17.8. The van der Waals surface area contributed by atoms with Crippen molar-refractivity contribution in [1.82, 2.24) is 4.57 Å². The molecule has 3 rings (SSSR count). The monoisotopic (exact) mass is 242 g/mol. The number of para-hydroxylation sites is 1. The molecule has 88 valence electrons. The quantitative estimate of drug-likeness (QED) is 0.634. The second kappa shape index (κ2) is 4.66. The first-order valence-corrected chi connectivity index (χ1v) is 6.10. The summed E-state index contributed by atoms with van der Waals surface area (Å²) >= 11 is 0. The molecule has 0 atom stereocenters. The molecular formula is C16H11BN2. The summed E-state index contributed by atoms with van der Waals surface area (Å²) in [5, 5.41) is 9.87. The first-order chi connectivity index (χ1) is 9.28. The zero-order chi connectivity index (χ0) is 13.2. The van der Waals surface area contributed by atoms with E-state index in [9.17, 15) is 0 Å². The molecule has 0 N–H and O–H groups in total. The van der Waals surface area contributed by atoms with Crippen molar-refractivity contribution in [1.29, 1.82) is 5.26 Å². The van der Waals surface area contributed by atoms with Crippen LogP contribution in [-0.4, -0.2) is 12.4 Å². The molecular weight excluding hydrogens is 231 g/mol. The van der Waals surface area contributed by atoms with Crippen molar-refractivity contribution in [3.63, 3.8) is 0 Å². The normalized spacial score (nSPS) is 10.5. The van der Waals surface area contributed by atoms with Gasteiger partial charge in [0, 0.05) is 12.1 Å². The highest BCUT2D eigenvalue weighted by molar-refractivity contribution is 6.38. The lowest BCUT2D eigenvalue weighted by atomic mass is 9.96. The van der Waals surface area contributed by atoms with Crippen LogP contribution in [0.1, 0.15) is 11.1 Å². The molecule has 2 radical (unpaired) electrons. The first kappa shape index (κ1) is 11.6. The van der Waals surface area contributed by atoms with Gasteiger partial charge in [-0.05, 0) is 35.3 Å². The van der Waals surface area contributed by atoms with Crippen LogP contribution >= 0.6 is 0 Å². The molecule has 0 bridgehead atoms. The van der Waals surface area contributed by atoms with Crippen LogP contribution < -0.4 is 5.46 Å². The van der Waals surface area contributed by atoms with Gasteiger partial charge in [0.25, 0.3) is 0 Å². The fourth-order valence-corrected chi connectivity index (χ4v) is 2.29. The molecule has 0 amide bonds. The van der Waals surface area contributed by atoms with Gasteiger partial charge in [0.1, 0.15) is 7.85 Å². The van der Waals surface area contributed by atoms with Crippen molar-refractivity contribution in [2.75, 3.05) is 0 Å². The molecule has 2 nitrogen and oxygen atoms in total. The van der Waals surface area contributed by atoms with E-state index < -0.39 is 0 Å². The number of fused-ring (bicyclic) bond motifs is 1. The number of nitrogens with zero attached hydrogens (tertiary/aromatic N) is 2. The zero-order valence-electron chi connectivity index (χ0n) is 10.4. The molecule has 3 aromatic rings. The summed E-state index contributed by atoms with van der Waals surface area (Å²) in [5.41, 5.74) is 3.76. The molecule has 0 saturated carbocycles. The Morgan fingerprint density at radius 3 is 2.53 bits per heavy atom. The fourth-order valence-electron chi connectivity index (χ4n) is 2.29. The lowest BCUT2D eigenvalue weighted by Crippen LogP contribution is -2.01. The number of hydrogen-bond acceptors (Lipinski definition) is 1. The van der Waals surface area contributed by atoms with Gasteiger partial charge in [-0.25, -0.2) is 0 Å². The number of hydrogen-bond donors (Lipinski definition) is 0. The Morgan fingerprint density at radius 2 is 1.79 bits per heavy atom. The third-order valence-electron chi connectivity index (χ3n) is 3.26. The van der Waals surface area contributed by atoms with Crippen molar-refractivity contribution < 1.29 is 0 Å². The predicted octanol–water partition coefficient (Wildman–Crippen LogP) is 2.36. The number of nitriles is 1. The largest absolute Gasteiger partial charge is 0.344 e. The van der Waals surface area contributed by atoms with E-state index in [0.29, 0.717) is 5.56 Å². The maximum atomic E-state index is 8.79. The highest BCUT2D eigenvalue weighted by Crippen LogP contribution is 2.15. The van der Waals surface area contributed by atoms with Crippen molar-refractivity contribution >= 4 is 24.2 Å². The average Bonchev–Trinajstić information content (AvgIpc) is 2.77. The maximum Gasteiger partial charge on any atom is 0.116 e. The van der Waals surface area contributed by atoms with Crippen LogP contribution in [0.5, 0.6) is 0 Å². The van der Waals surface area contributed by atoms with E-state index in [1.54, 1.807) is 0 Å². The van der Waals surface area contributed by atoms with Crippen molar-refractivity contribution in [3.8, 4) is 6.07 Å². The van der Waals surface area contributed by atoms with Gasteiger partial charge in [-0.3, -0.25) is 0 Å². The Bertz CT molecular complexity index is 764. The number of aromatic nitrogens is 1. The lowest BCUT2D eigenvalue weighted by molar-refractivity contribution is 0.839. The van der Waals surface area contributed by atoms with Gasteiger partial charge < -0.3 is 4.57 Å². The summed E-state index contributed by atoms with van der Waals surface area (Å²) in [4.78, 5) is 0. The minimum Gasteiger partial charge on any atom is -0.344 e. The highest BCUT2D eigenvalue weighted by Gasteiger charge is 2.04. The molecule has 0 spiro atoms. The highest BCUT2D eigenvalue weighted by atomic mass is 15.0. The number of benzene rings is 2. The van der Waals surface area contributed by atoms with Crippen molar-refractivity contribution in [2.45, 2.75) is 6.54 Å². The van der Waals surface area contributed by atoms with E-state index in [-0.39, 0.29) is 0 Å². The Hall–Kier alpha value is -2.47. The Kier molecular flexibility index (Phi) is 2.85. The fraction of sp³-hybridized carbons (Fsp3) is 0.0625. The van der Waals surface area contributed by atoms with Gasteiger partial charge in [-0.2, -0.15) is 5.26 Å². The van der Waals surface area contributed by atoms with Crippen LogP contribution in [0.25, 0.3) is 10.9 Å². The Balaban J connectivity index is 1.99. The molecule has 0 saturated heterocycles. The Labute approximate surface area is 113 Å². The van der Waals surface area contributed by atoms with Gasteiger partial charge in [-0.15, -0.1) is 0 Å². The molecule has 0 fully saturated rings. The minimum atomic E-state index is 0.681. The summed E-state index contributed by atoms with van der Waals surface area (Å²) < 4.78 is 2.13. The summed E-state index contributed by atoms with van der Waals surface area (Å²) in [6.45, 7) is 0.753. The summed E-state index contributed by atoms with van der Waals surface area (Å²) in [6.07, 6.45) is 1.96. The van der Waals surface area contributed by atoms with Crippen LogP contribution in [0.3, 0.4) is 0 Å². The van der Waals surface area contributed by atoms with Gasteiger partial charge in [-0.1, -0.05) is 35.8 Å². The minimum absolute atomic E-state index is 0.681. The maximum absolute atomic E-state index is 8.79. The molecule has 0 unspecified atom stereocenters. The van der Waals surface area contributed by atoms with E-state index in [2.05, 4.69) is 16.7 Å². The van der Waals surface area contributed by atoms with Crippen LogP contribution in [0, 0.1) is 11.3 Å². The third-order valence-corrected chi connectivity index (χ3v) is 3.26. The molecule has 0 aliphatic rings. The Morgan fingerprint density at radius 1 is 1.05 bits per heavy atom. The molecule has 0 aliphatic carbocycles. The molecule has 2 aromatic carbocycles. The van der Waals surface area contributed by atoms with E-state index in [1.165, 1.54) is 0 Å². The van der Waals surface area contributed by atoms with Gasteiger partial charge in [0.15, 0.2) is 0 Å². The van der Waals surface area contributed by atoms with E-state index >= 15 is 0 Å². The van der Waals surface area contributed by atoms with E-state index in [1.807, 2.05) is 48.7 Å².